The highest BCUT2D eigenvalue weighted by molar-refractivity contribution is 5.97. The highest BCUT2D eigenvalue weighted by Gasteiger charge is 2.47. The first-order chi connectivity index (χ1) is 10.6. The first-order valence-electron chi connectivity index (χ1n) is 7.77. The number of hydrogen-bond acceptors (Lipinski definition) is 4. The summed E-state index contributed by atoms with van der Waals surface area (Å²) in [6, 6.07) is 7.33. The van der Waals surface area contributed by atoms with Crippen molar-refractivity contribution >= 4 is 11.6 Å². The third-order valence-corrected chi connectivity index (χ3v) is 4.04. The molecule has 0 radical (unpaired) electrons. The number of carbonyl (C=O) groups is 1. The van der Waals surface area contributed by atoms with Gasteiger partial charge in [0.25, 0.3) is 5.91 Å². The molecule has 1 aromatic carbocycles. The van der Waals surface area contributed by atoms with Gasteiger partial charge in [0.05, 0.1) is 6.61 Å². The van der Waals surface area contributed by atoms with Crippen molar-refractivity contribution in [3.05, 3.63) is 24.3 Å². The van der Waals surface area contributed by atoms with E-state index in [9.17, 15) is 4.79 Å². The van der Waals surface area contributed by atoms with Crippen molar-refractivity contribution in [3.63, 3.8) is 0 Å². The number of methoxy groups -OCH3 is 1. The van der Waals surface area contributed by atoms with Crippen molar-refractivity contribution in [3.8, 4) is 5.75 Å². The van der Waals surface area contributed by atoms with E-state index in [1.165, 1.54) is 0 Å². The van der Waals surface area contributed by atoms with Gasteiger partial charge >= 0.3 is 0 Å². The van der Waals surface area contributed by atoms with Crippen molar-refractivity contribution in [1.29, 1.82) is 0 Å². The Morgan fingerprint density at radius 3 is 2.50 bits per heavy atom. The lowest BCUT2D eigenvalue weighted by atomic mass is 9.99. The molecule has 1 atom stereocenters. The number of hydrogen-bond donors (Lipinski definition) is 1. The van der Waals surface area contributed by atoms with E-state index < -0.39 is 5.60 Å². The Hall–Kier alpha value is -1.59. The molecule has 0 aromatic heterocycles. The number of amides is 1. The number of benzene rings is 1. The average Bonchev–Trinajstić information content (AvgIpc) is 3.37. The standard InChI is InChI=1S/C17H25NO4/c1-4-21-11-12-22-15-9-7-14(8-10-15)18-16(19)17(2,20-3)13-5-6-13/h7-10,13H,4-6,11-12H2,1-3H3,(H,18,19)/t17-/m1/s1. The van der Waals surface area contributed by atoms with Gasteiger partial charge in [0.2, 0.25) is 0 Å². The lowest BCUT2D eigenvalue weighted by Crippen LogP contribution is -2.43. The molecule has 5 heteroatoms. The van der Waals surface area contributed by atoms with Crippen LogP contribution in [0.3, 0.4) is 0 Å². The molecule has 122 valence electrons. The van der Waals surface area contributed by atoms with E-state index in [1.807, 2.05) is 38.1 Å². The molecule has 0 unspecified atom stereocenters. The van der Waals surface area contributed by atoms with E-state index in [0.29, 0.717) is 25.7 Å². The van der Waals surface area contributed by atoms with Crippen LogP contribution in [0.15, 0.2) is 24.3 Å². The van der Waals surface area contributed by atoms with Crippen molar-refractivity contribution < 1.29 is 19.0 Å². The molecule has 1 saturated carbocycles. The Balaban J connectivity index is 1.86. The molecule has 1 aliphatic rings. The van der Waals surface area contributed by atoms with Gasteiger partial charge in [0.1, 0.15) is 18.0 Å². The van der Waals surface area contributed by atoms with E-state index in [-0.39, 0.29) is 5.91 Å². The lowest BCUT2D eigenvalue weighted by molar-refractivity contribution is -0.138. The van der Waals surface area contributed by atoms with Crippen molar-refractivity contribution in [2.75, 3.05) is 32.2 Å². The van der Waals surface area contributed by atoms with Crippen LogP contribution in [-0.2, 0) is 14.3 Å². The van der Waals surface area contributed by atoms with Crippen LogP contribution >= 0.6 is 0 Å². The Kier molecular flexibility index (Phi) is 5.80. The molecule has 1 aliphatic carbocycles. The minimum atomic E-state index is -0.743. The maximum atomic E-state index is 12.4. The van der Waals surface area contributed by atoms with Gasteiger partial charge in [0.15, 0.2) is 0 Å². The lowest BCUT2D eigenvalue weighted by Gasteiger charge is -2.26. The largest absolute Gasteiger partial charge is 0.491 e. The van der Waals surface area contributed by atoms with E-state index in [1.54, 1.807) is 7.11 Å². The fourth-order valence-electron chi connectivity index (χ4n) is 2.33. The summed E-state index contributed by atoms with van der Waals surface area (Å²) < 4.78 is 16.2. The van der Waals surface area contributed by atoms with Crippen LogP contribution in [0.4, 0.5) is 5.69 Å². The number of nitrogens with one attached hydrogen (secondary N) is 1. The Bertz CT molecular complexity index is 484. The van der Waals surface area contributed by atoms with Gasteiger partial charge in [-0.15, -0.1) is 0 Å². The van der Waals surface area contributed by atoms with Gasteiger partial charge in [-0.25, -0.2) is 0 Å². The van der Waals surface area contributed by atoms with E-state index in [0.717, 1.165) is 24.3 Å². The first kappa shape index (κ1) is 16.8. The Labute approximate surface area is 131 Å². The molecular formula is C17H25NO4. The van der Waals surface area contributed by atoms with Crippen molar-refractivity contribution in [2.45, 2.75) is 32.3 Å². The second-order valence-electron chi connectivity index (χ2n) is 5.61. The molecule has 1 aromatic rings. The summed E-state index contributed by atoms with van der Waals surface area (Å²) in [6.07, 6.45) is 2.09. The topological polar surface area (TPSA) is 56.8 Å². The number of anilines is 1. The molecule has 1 fully saturated rings. The minimum absolute atomic E-state index is 0.0949. The third-order valence-electron chi connectivity index (χ3n) is 4.04. The van der Waals surface area contributed by atoms with E-state index in [4.69, 9.17) is 14.2 Å². The SMILES string of the molecule is CCOCCOc1ccc(NC(=O)[C@](C)(OC)C2CC2)cc1. The Morgan fingerprint density at radius 1 is 1.27 bits per heavy atom. The molecule has 1 N–H and O–H groups in total. The summed E-state index contributed by atoms with van der Waals surface area (Å²) in [5.41, 5.74) is -0.00165. The third kappa shape index (κ3) is 4.21. The normalized spacial score (nSPS) is 16.9. The van der Waals surface area contributed by atoms with Gasteiger partial charge in [-0.1, -0.05) is 0 Å². The van der Waals surface area contributed by atoms with Crippen LogP contribution in [0, 0.1) is 5.92 Å². The average molecular weight is 307 g/mol. The molecule has 0 saturated heterocycles. The highest BCUT2D eigenvalue weighted by Crippen LogP contribution is 2.42. The highest BCUT2D eigenvalue weighted by atomic mass is 16.5. The summed E-state index contributed by atoms with van der Waals surface area (Å²) >= 11 is 0. The molecule has 22 heavy (non-hydrogen) atoms. The summed E-state index contributed by atoms with van der Waals surface area (Å²) in [7, 11) is 1.59. The molecule has 0 heterocycles. The van der Waals surface area contributed by atoms with E-state index >= 15 is 0 Å². The molecule has 2 rings (SSSR count). The zero-order valence-electron chi connectivity index (χ0n) is 13.6. The van der Waals surface area contributed by atoms with Crippen molar-refractivity contribution in [2.24, 2.45) is 5.92 Å². The number of ether oxygens (including phenoxy) is 3. The molecule has 0 spiro atoms. The summed E-state index contributed by atoms with van der Waals surface area (Å²) in [5.74, 6) is 0.982. The van der Waals surface area contributed by atoms with Gasteiger partial charge in [-0.2, -0.15) is 0 Å². The van der Waals surface area contributed by atoms with Gasteiger partial charge in [0, 0.05) is 19.4 Å². The van der Waals surface area contributed by atoms with Crippen LogP contribution in [0.25, 0.3) is 0 Å². The number of rotatable bonds is 9. The maximum absolute atomic E-state index is 12.4. The van der Waals surface area contributed by atoms with Gasteiger partial charge < -0.3 is 19.5 Å². The quantitative estimate of drug-likeness (QED) is 0.713. The second-order valence-corrected chi connectivity index (χ2v) is 5.61. The molecule has 0 bridgehead atoms. The minimum Gasteiger partial charge on any atom is -0.491 e. The van der Waals surface area contributed by atoms with Crippen molar-refractivity contribution in [1.82, 2.24) is 0 Å². The summed E-state index contributed by atoms with van der Waals surface area (Å²) in [6.45, 7) is 5.58. The second kappa shape index (κ2) is 7.61. The fraction of sp³-hybridized carbons (Fsp3) is 0.588. The van der Waals surface area contributed by atoms with Crippen LogP contribution in [0.5, 0.6) is 5.75 Å². The van der Waals surface area contributed by atoms with Crippen LogP contribution < -0.4 is 10.1 Å². The molecule has 0 aliphatic heterocycles. The van der Waals surface area contributed by atoms with Gasteiger partial charge in [-0.3, -0.25) is 4.79 Å². The van der Waals surface area contributed by atoms with Crippen LogP contribution in [0.1, 0.15) is 26.7 Å². The zero-order chi connectivity index (χ0) is 16.0. The predicted octanol–water partition coefficient (Wildman–Crippen LogP) is 2.86. The van der Waals surface area contributed by atoms with Crippen LogP contribution in [-0.4, -0.2) is 38.4 Å². The smallest absolute Gasteiger partial charge is 0.256 e. The predicted molar refractivity (Wildman–Crippen MR) is 85.2 cm³/mol. The fourth-order valence-corrected chi connectivity index (χ4v) is 2.33. The van der Waals surface area contributed by atoms with Crippen LogP contribution in [0.2, 0.25) is 0 Å². The Morgan fingerprint density at radius 2 is 1.95 bits per heavy atom. The monoisotopic (exact) mass is 307 g/mol. The molecular weight excluding hydrogens is 282 g/mol. The first-order valence-corrected chi connectivity index (χ1v) is 7.77. The zero-order valence-corrected chi connectivity index (χ0v) is 13.6. The van der Waals surface area contributed by atoms with Gasteiger partial charge in [-0.05, 0) is 56.9 Å². The summed E-state index contributed by atoms with van der Waals surface area (Å²) in [4.78, 5) is 12.4. The maximum Gasteiger partial charge on any atom is 0.256 e. The molecule has 1 amide bonds. The summed E-state index contributed by atoms with van der Waals surface area (Å²) in [5, 5.41) is 2.91. The molecule has 5 nitrogen and oxygen atoms in total. The number of carbonyl (C=O) groups excluding carboxylic acids is 1. The van der Waals surface area contributed by atoms with E-state index in [2.05, 4.69) is 5.32 Å².